The average molecular weight is 1270 g/mol. The highest BCUT2D eigenvalue weighted by molar-refractivity contribution is 6.06. The number of carbonyl (C=O) groups is 5. The number of pyridine rings is 1. The molecule has 0 saturated heterocycles. The summed E-state index contributed by atoms with van der Waals surface area (Å²) in [5.74, 6) is -6.16. The zero-order valence-electron chi connectivity index (χ0n) is 49.9. The zero-order valence-corrected chi connectivity index (χ0v) is 49.9. The van der Waals surface area contributed by atoms with Gasteiger partial charge in [0.25, 0.3) is 0 Å². The summed E-state index contributed by atoms with van der Waals surface area (Å²) >= 11 is 0. The van der Waals surface area contributed by atoms with Crippen LogP contribution in [0.25, 0.3) is 83.1 Å². The Labute approximate surface area is 536 Å². The van der Waals surface area contributed by atoms with Gasteiger partial charge in [0.15, 0.2) is 0 Å². The minimum absolute atomic E-state index is 0.00403. The van der Waals surface area contributed by atoms with E-state index in [4.69, 9.17) is 15.3 Å². The lowest BCUT2D eigenvalue weighted by atomic mass is 10.1. The molecule has 15 aromatic rings. The summed E-state index contributed by atoms with van der Waals surface area (Å²) < 4.78 is 61.2. The van der Waals surface area contributed by atoms with Gasteiger partial charge in [-0.05, 0) is 182 Å². The Morgan fingerprint density at radius 1 is 0.316 bits per heavy atom. The maximum absolute atomic E-state index is 13.3. The Morgan fingerprint density at radius 2 is 0.716 bits per heavy atom. The van der Waals surface area contributed by atoms with Crippen LogP contribution in [0.3, 0.4) is 0 Å². The molecule has 6 aromatic heterocycles. The Hall–Kier alpha value is -13.1. The smallest absolute Gasteiger partial charge is 0.354 e. The topological polar surface area (TPSA) is 224 Å². The first-order valence-corrected chi connectivity index (χ1v) is 29.0. The Balaban J connectivity index is 0.000000121. The fourth-order valence-electron chi connectivity index (χ4n) is 10.8. The number of para-hydroxylation sites is 3. The molecule has 0 radical (unpaired) electrons. The van der Waals surface area contributed by atoms with E-state index < -0.39 is 29.8 Å². The van der Waals surface area contributed by atoms with Gasteiger partial charge in [0.1, 0.15) is 29.0 Å². The van der Waals surface area contributed by atoms with Crippen molar-refractivity contribution in [3.8, 4) is 28.4 Å². The number of hydrogen-bond acceptors (Lipinski definition) is 6. The lowest BCUT2D eigenvalue weighted by Crippen LogP contribution is -2.00. The highest BCUT2D eigenvalue weighted by atomic mass is 19.1. The number of fused-ring (bicyclic) bond motifs is 5. The Kier molecular flexibility index (Phi) is 18.4. The van der Waals surface area contributed by atoms with E-state index in [2.05, 4.69) is 34.8 Å². The van der Waals surface area contributed by atoms with Crippen molar-refractivity contribution in [2.24, 2.45) is 0 Å². The fraction of sp³-hybridized carbons (Fsp3) is 0.0133. The third-order valence-electron chi connectivity index (χ3n) is 15.3. The van der Waals surface area contributed by atoms with E-state index in [9.17, 15) is 51.7 Å². The van der Waals surface area contributed by atoms with Crippen molar-refractivity contribution >= 4 is 84.5 Å². The summed E-state index contributed by atoms with van der Waals surface area (Å²) in [6.45, 7) is 2.07. The standard InChI is InChI=1S/C16H13NO2.3C15H10FNO2.C14H9FN2O2/c1-11-10-17(15-5-3-2-4-14(11)15)13-8-6-12(7-9-13)16(18)19;16-10-4-3-5-11(8-10)17-9-13(15(18)19)12-6-1-2-7-14(12)17;16-10-4-6-11(7-5-10)17-9-8-12-13(15(18)19)2-1-3-14(12)17;16-10-5-7-11(8-6-10)17-9-13(15(18)19)12-3-1-2-4-14(12)17;15-9-1-3-10(4-2-9)17-8-7-11-13(17)6-5-12(16-11)14(18)19/h2-10H,1H3,(H,18,19);3*1-9H,(H,18,19);1-8H,(H,18,19). The van der Waals surface area contributed by atoms with Crippen molar-refractivity contribution in [1.82, 2.24) is 27.8 Å². The largest absolute Gasteiger partial charge is 0.478 e. The molecule has 0 saturated carbocycles. The highest BCUT2D eigenvalue weighted by Gasteiger charge is 2.18. The molecule has 5 N–H and O–H groups in total. The molecule has 20 heteroatoms. The molecule has 0 unspecified atom stereocenters. The van der Waals surface area contributed by atoms with Gasteiger partial charge in [0, 0.05) is 81.0 Å². The number of halogens is 4. The predicted molar refractivity (Wildman–Crippen MR) is 354 cm³/mol. The highest BCUT2D eigenvalue weighted by Crippen LogP contribution is 2.30. The molecule has 0 aliphatic carbocycles. The Bertz CT molecular complexity index is 5360. The van der Waals surface area contributed by atoms with Gasteiger partial charge in [-0.15, -0.1) is 0 Å². The number of hydrogen-bond donors (Lipinski definition) is 5. The van der Waals surface area contributed by atoms with Gasteiger partial charge in [-0.2, -0.15) is 0 Å². The van der Waals surface area contributed by atoms with Crippen LogP contribution in [0.5, 0.6) is 0 Å². The summed E-state index contributed by atoms with van der Waals surface area (Å²) in [5.41, 5.74) is 10.9. The first-order valence-electron chi connectivity index (χ1n) is 29.0. The SMILES string of the molecule is Cc1cn(-c2ccc(C(=O)O)cc2)c2ccccc12.O=C(O)c1ccc2c(ccn2-c2ccc(F)cc2)n1.O=C(O)c1cccc2c1ccn2-c1ccc(F)cc1.O=C(O)c1cn(-c2ccc(F)cc2)c2ccccc12.O=C(O)c1cn(-c2cccc(F)c2)c2ccccc12. The van der Waals surface area contributed by atoms with Gasteiger partial charge < -0.3 is 48.4 Å². The molecule has 0 aliphatic rings. The van der Waals surface area contributed by atoms with Crippen LogP contribution in [-0.4, -0.2) is 83.2 Å². The van der Waals surface area contributed by atoms with Crippen LogP contribution in [0.2, 0.25) is 0 Å². The first-order chi connectivity index (χ1) is 45.8. The maximum atomic E-state index is 13.3. The van der Waals surface area contributed by atoms with E-state index in [0.717, 1.165) is 50.3 Å². The minimum Gasteiger partial charge on any atom is -0.478 e. The third kappa shape index (κ3) is 13.8. The van der Waals surface area contributed by atoms with Gasteiger partial charge in [0.05, 0.1) is 55.4 Å². The van der Waals surface area contributed by atoms with Gasteiger partial charge in [-0.25, -0.2) is 46.5 Å². The number of aromatic carboxylic acids is 5. The number of nitrogens with zero attached hydrogens (tertiary/aromatic N) is 6. The van der Waals surface area contributed by atoms with E-state index in [1.165, 1.54) is 71.7 Å². The minimum atomic E-state index is -1.06. The number of carboxylic acid groups (broad SMARTS) is 5. The zero-order chi connectivity index (χ0) is 67.0. The van der Waals surface area contributed by atoms with Crippen LogP contribution in [0.4, 0.5) is 17.6 Å². The normalized spacial score (nSPS) is 10.8. The van der Waals surface area contributed by atoms with Gasteiger partial charge in [-0.3, -0.25) is 0 Å². The average Bonchev–Trinajstić information content (AvgIpc) is 1.69. The van der Waals surface area contributed by atoms with Gasteiger partial charge in [0.2, 0.25) is 0 Å². The summed E-state index contributed by atoms with van der Waals surface area (Å²) in [6.07, 6.45) is 8.70. The van der Waals surface area contributed by atoms with Crippen molar-refractivity contribution in [2.75, 3.05) is 0 Å². The molecule has 0 amide bonds. The maximum Gasteiger partial charge on any atom is 0.354 e. The van der Waals surface area contributed by atoms with Crippen LogP contribution in [0, 0.1) is 30.2 Å². The lowest BCUT2D eigenvalue weighted by Gasteiger charge is -2.06. The fourth-order valence-corrected chi connectivity index (χ4v) is 10.8. The molecular weight excluding hydrogens is 1220 g/mol. The third-order valence-corrected chi connectivity index (χ3v) is 15.3. The molecule has 0 fully saturated rings. The molecule has 15 rings (SSSR count). The second-order valence-electron chi connectivity index (χ2n) is 21.3. The molecule has 9 aromatic carbocycles. The quantitative estimate of drug-likeness (QED) is 0.0810. The lowest BCUT2D eigenvalue weighted by molar-refractivity contribution is 0.0681. The van der Waals surface area contributed by atoms with E-state index in [0.29, 0.717) is 32.9 Å². The number of aryl methyl sites for hydroxylation is 1. The van der Waals surface area contributed by atoms with E-state index >= 15 is 0 Å². The van der Waals surface area contributed by atoms with Crippen molar-refractivity contribution in [3.63, 3.8) is 0 Å². The second kappa shape index (κ2) is 27.6. The predicted octanol–water partition coefficient (Wildman–Crippen LogP) is 16.9. The van der Waals surface area contributed by atoms with Gasteiger partial charge in [-0.1, -0.05) is 66.7 Å². The monoisotopic (exact) mass is 1270 g/mol. The van der Waals surface area contributed by atoms with Crippen LogP contribution in [0.15, 0.2) is 268 Å². The molecule has 95 heavy (non-hydrogen) atoms. The number of aromatic nitrogens is 6. The van der Waals surface area contributed by atoms with Crippen LogP contribution in [-0.2, 0) is 0 Å². The van der Waals surface area contributed by atoms with Crippen molar-refractivity contribution in [1.29, 1.82) is 0 Å². The van der Waals surface area contributed by atoms with Gasteiger partial charge >= 0.3 is 29.8 Å². The van der Waals surface area contributed by atoms with E-state index in [-0.39, 0.29) is 45.7 Å². The molecule has 0 atom stereocenters. The van der Waals surface area contributed by atoms with Crippen LogP contribution < -0.4 is 0 Å². The van der Waals surface area contributed by atoms with Crippen molar-refractivity contribution < 1.29 is 67.1 Å². The molecule has 0 spiro atoms. The summed E-state index contributed by atoms with van der Waals surface area (Å²) in [4.78, 5) is 59.4. The van der Waals surface area contributed by atoms with Crippen LogP contribution >= 0.6 is 0 Å². The summed E-state index contributed by atoms with van der Waals surface area (Å²) in [7, 11) is 0. The second-order valence-corrected chi connectivity index (χ2v) is 21.3. The molecule has 470 valence electrons. The number of benzene rings is 9. The van der Waals surface area contributed by atoms with E-state index in [1.807, 2.05) is 63.7 Å². The number of rotatable bonds is 10. The summed E-state index contributed by atoms with van der Waals surface area (Å²) in [5, 5.41) is 48.6. The molecule has 6 heterocycles. The van der Waals surface area contributed by atoms with Crippen molar-refractivity contribution in [2.45, 2.75) is 6.92 Å². The molecular formula is C75H52F4N6O10. The Morgan fingerprint density at radius 3 is 1.21 bits per heavy atom. The van der Waals surface area contributed by atoms with E-state index in [1.54, 1.807) is 143 Å². The van der Waals surface area contributed by atoms with Crippen molar-refractivity contribution in [3.05, 3.63) is 324 Å². The molecule has 0 aliphatic heterocycles. The number of carboxylic acids is 5. The molecule has 16 nitrogen and oxygen atoms in total. The van der Waals surface area contributed by atoms with Crippen LogP contribution in [0.1, 0.15) is 57.5 Å². The molecule has 0 bridgehead atoms. The summed E-state index contributed by atoms with van der Waals surface area (Å²) in [6, 6.07) is 65.3. The first kappa shape index (κ1) is 63.5.